The van der Waals surface area contributed by atoms with E-state index < -0.39 is 0 Å². The number of carbonyl (C=O) groups excluding carboxylic acids is 1. The Bertz CT molecular complexity index is 1180. The molecule has 1 N–H and O–H groups in total. The molecule has 0 aliphatic rings. The molecule has 150 valence electrons. The van der Waals surface area contributed by atoms with Crippen LogP contribution in [0.1, 0.15) is 27.4 Å². The lowest BCUT2D eigenvalue weighted by Crippen LogP contribution is -2.23. The van der Waals surface area contributed by atoms with E-state index in [4.69, 9.17) is 4.52 Å². The molecule has 0 bridgehead atoms. The van der Waals surface area contributed by atoms with Crippen molar-refractivity contribution in [2.45, 2.75) is 20.4 Å². The fourth-order valence-electron chi connectivity index (χ4n) is 3.21. The normalized spacial score (nSPS) is 10.8. The summed E-state index contributed by atoms with van der Waals surface area (Å²) in [7, 11) is 0. The summed E-state index contributed by atoms with van der Waals surface area (Å²) >= 11 is 0. The summed E-state index contributed by atoms with van der Waals surface area (Å²) in [5.41, 5.74) is 5.20. The summed E-state index contributed by atoms with van der Waals surface area (Å²) in [4.78, 5) is 16.7. The highest BCUT2D eigenvalue weighted by atomic mass is 19.1. The number of aromatic nitrogens is 2. The van der Waals surface area contributed by atoms with E-state index in [0.717, 1.165) is 22.4 Å². The second-order valence-electron chi connectivity index (χ2n) is 7.06. The molecular weight excluding hydrogens is 381 g/mol. The number of aryl methyl sites for hydroxylation is 2. The van der Waals surface area contributed by atoms with Crippen LogP contribution in [0.15, 0.2) is 71.4 Å². The fraction of sp³-hybridized carbons (Fsp3) is 0.125. The molecule has 0 saturated carbocycles. The van der Waals surface area contributed by atoms with Gasteiger partial charge in [-0.1, -0.05) is 35.5 Å². The number of rotatable bonds is 5. The predicted octanol–water partition coefficient (Wildman–Crippen LogP) is 5.09. The van der Waals surface area contributed by atoms with Gasteiger partial charge in [-0.25, -0.2) is 4.39 Å². The van der Waals surface area contributed by atoms with Gasteiger partial charge < -0.3 is 9.84 Å². The first-order valence-corrected chi connectivity index (χ1v) is 9.53. The summed E-state index contributed by atoms with van der Waals surface area (Å²) in [6, 6.07) is 17.2. The molecule has 6 heteroatoms. The number of pyridine rings is 1. The van der Waals surface area contributed by atoms with E-state index in [1.54, 1.807) is 43.5 Å². The van der Waals surface area contributed by atoms with Crippen LogP contribution in [-0.4, -0.2) is 16.0 Å². The van der Waals surface area contributed by atoms with Gasteiger partial charge >= 0.3 is 0 Å². The van der Waals surface area contributed by atoms with Crippen LogP contribution in [0.3, 0.4) is 0 Å². The monoisotopic (exact) mass is 401 g/mol. The van der Waals surface area contributed by atoms with Crippen LogP contribution in [-0.2, 0) is 6.54 Å². The standard InChI is InChI=1S/C24H20FN3O2/c1-15-6-11-21(26-13-15)14-27-24(29)18-9-7-17(8-10-18)23-22(16(2)30-28-23)19-4-3-5-20(25)12-19/h3-13H,14H2,1-2H3,(H,27,29). The van der Waals surface area contributed by atoms with E-state index in [9.17, 15) is 9.18 Å². The second-order valence-corrected chi connectivity index (χ2v) is 7.06. The zero-order valence-electron chi connectivity index (χ0n) is 16.6. The van der Waals surface area contributed by atoms with Crippen LogP contribution in [0.25, 0.3) is 22.4 Å². The molecule has 5 nitrogen and oxygen atoms in total. The molecule has 4 rings (SSSR count). The van der Waals surface area contributed by atoms with Crippen molar-refractivity contribution >= 4 is 5.91 Å². The van der Waals surface area contributed by atoms with Crippen LogP contribution in [0, 0.1) is 19.7 Å². The Labute approximate surface area is 173 Å². The van der Waals surface area contributed by atoms with Crippen molar-refractivity contribution in [3.8, 4) is 22.4 Å². The van der Waals surface area contributed by atoms with Gasteiger partial charge in [0, 0.05) is 17.3 Å². The Kier molecular flexibility index (Phi) is 5.39. The van der Waals surface area contributed by atoms with Gasteiger partial charge in [0.1, 0.15) is 17.3 Å². The Hall–Kier alpha value is -3.80. The van der Waals surface area contributed by atoms with Crippen LogP contribution < -0.4 is 5.32 Å². The molecule has 0 atom stereocenters. The van der Waals surface area contributed by atoms with Crippen molar-refractivity contribution in [3.05, 3.63) is 95.3 Å². The first-order chi connectivity index (χ1) is 14.5. The lowest BCUT2D eigenvalue weighted by molar-refractivity contribution is 0.0950. The first-order valence-electron chi connectivity index (χ1n) is 9.53. The van der Waals surface area contributed by atoms with Crippen molar-refractivity contribution in [1.29, 1.82) is 0 Å². The highest BCUT2D eigenvalue weighted by Gasteiger charge is 2.17. The van der Waals surface area contributed by atoms with E-state index in [0.29, 0.717) is 29.1 Å². The molecule has 0 radical (unpaired) electrons. The maximum Gasteiger partial charge on any atom is 0.251 e. The fourth-order valence-corrected chi connectivity index (χ4v) is 3.21. The van der Waals surface area contributed by atoms with Crippen molar-refractivity contribution in [1.82, 2.24) is 15.5 Å². The third kappa shape index (κ3) is 4.12. The zero-order valence-corrected chi connectivity index (χ0v) is 16.6. The molecule has 0 spiro atoms. The van der Waals surface area contributed by atoms with Gasteiger partial charge in [-0.3, -0.25) is 9.78 Å². The smallest absolute Gasteiger partial charge is 0.251 e. The minimum absolute atomic E-state index is 0.189. The summed E-state index contributed by atoms with van der Waals surface area (Å²) in [5, 5.41) is 7.01. The molecule has 2 aromatic heterocycles. The molecule has 0 unspecified atom stereocenters. The highest BCUT2D eigenvalue weighted by molar-refractivity contribution is 5.95. The summed E-state index contributed by atoms with van der Waals surface area (Å²) < 4.78 is 19.0. The zero-order chi connectivity index (χ0) is 21.1. The topological polar surface area (TPSA) is 68.0 Å². The lowest BCUT2D eigenvalue weighted by Gasteiger charge is -2.07. The quantitative estimate of drug-likeness (QED) is 0.506. The maximum atomic E-state index is 13.7. The summed E-state index contributed by atoms with van der Waals surface area (Å²) in [5.74, 6) is 0.0859. The largest absolute Gasteiger partial charge is 0.360 e. The minimum Gasteiger partial charge on any atom is -0.360 e. The van der Waals surface area contributed by atoms with Crippen molar-refractivity contribution in [2.75, 3.05) is 0 Å². The number of halogens is 1. The van der Waals surface area contributed by atoms with Gasteiger partial charge in [-0.2, -0.15) is 0 Å². The predicted molar refractivity (Wildman–Crippen MR) is 112 cm³/mol. The number of nitrogens with zero attached hydrogens (tertiary/aromatic N) is 2. The number of nitrogens with one attached hydrogen (secondary N) is 1. The Morgan fingerprint density at radius 3 is 2.53 bits per heavy atom. The Balaban J connectivity index is 1.53. The van der Waals surface area contributed by atoms with Crippen LogP contribution in [0.4, 0.5) is 4.39 Å². The van der Waals surface area contributed by atoms with Gasteiger partial charge in [0.15, 0.2) is 0 Å². The molecule has 0 fully saturated rings. The number of benzene rings is 2. The average Bonchev–Trinajstić information content (AvgIpc) is 3.14. The van der Waals surface area contributed by atoms with E-state index in [2.05, 4.69) is 15.5 Å². The summed E-state index contributed by atoms with van der Waals surface area (Å²) in [6.45, 7) is 4.11. The molecule has 0 aliphatic carbocycles. The number of hydrogen-bond acceptors (Lipinski definition) is 4. The molecule has 1 amide bonds. The molecule has 2 heterocycles. The van der Waals surface area contributed by atoms with Crippen molar-refractivity contribution < 1.29 is 13.7 Å². The number of hydrogen-bond donors (Lipinski definition) is 1. The molecule has 30 heavy (non-hydrogen) atoms. The van der Waals surface area contributed by atoms with Gasteiger partial charge in [0.05, 0.1) is 17.8 Å². The third-order valence-corrected chi connectivity index (χ3v) is 4.80. The SMILES string of the molecule is Cc1ccc(CNC(=O)c2ccc(-c3noc(C)c3-c3cccc(F)c3)cc2)nc1. The molecule has 0 aliphatic heterocycles. The van der Waals surface area contributed by atoms with Crippen LogP contribution >= 0.6 is 0 Å². The maximum absolute atomic E-state index is 13.7. The van der Waals surface area contributed by atoms with Gasteiger partial charge in [-0.05, 0) is 55.3 Å². The van der Waals surface area contributed by atoms with E-state index in [1.807, 2.05) is 25.1 Å². The summed E-state index contributed by atoms with van der Waals surface area (Å²) in [6.07, 6.45) is 1.77. The van der Waals surface area contributed by atoms with Crippen LogP contribution in [0.2, 0.25) is 0 Å². The Morgan fingerprint density at radius 1 is 1.03 bits per heavy atom. The average molecular weight is 401 g/mol. The second kappa shape index (κ2) is 8.29. The molecule has 2 aromatic carbocycles. The van der Waals surface area contributed by atoms with E-state index in [1.165, 1.54) is 12.1 Å². The van der Waals surface area contributed by atoms with Crippen molar-refractivity contribution in [3.63, 3.8) is 0 Å². The van der Waals surface area contributed by atoms with Crippen molar-refractivity contribution in [2.24, 2.45) is 0 Å². The van der Waals surface area contributed by atoms with Crippen LogP contribution in [0.5, 0.6) is 0 Å². The minimum atomic E-state index is -0.325. The highest BCUT2D eigenvalue weighted by Crippen LogP contribution is 2.34. The first kappa shape index (κ1) is 19.5. The third-order valence-electron chi connectivity index (χ3n) is 4.80. The molecular formula is C24H20FN3O2. The molecule has 4 aromatic rings. The van der Waals surface area contributed by atoms with E-state index >= 15 is 0 Å². The van der Waals surface area contributed by atoms with Gasteiger partial charge in [0.2, 0.25) is 0 Å². The lowest BCUT2D eigenvalue weighted by atomic mass is 9.98. The Morgan fingerprint density at radius 2 is 1.83 bits per heavy atom. The molecule has 0 saturated heterocycles. The van der Waals surface area contributed by atoms with Gasteiger partial charge in [0.25, 0.3) is 5.91 Å². The van der Waals surface area contributed by atoms with Gasteiger partial charge in [-0.15, -0.1) is 0 Å². The number of amides is 1. The number of carbonyl (C=O) groups is 1. The van der Waals surface area contributed by atoms with E-state index in [-0.39, 0.29) is 11.7 Å².